The van der Waals surface area contributed by atoms with Gasteiger partial charge in [-0.2, -0.15) is 0 Å². The van der Waals surface area contributed by atoms with E-state index in [-0.39, 0.29) is 6.09 Å². The number of carbonyl (C=O) groups excluding carboxylic acids is 1. The summed E-state index contributed by atoms with van der Waals surface area (Å²) in [5, 5.41) is 2.77. The van der Waals surface area contributed by atoms with E-state index in [0.29, 0.717) is 12.6 Å². The molecule has 1 atom stereocenters. The highest BCUT2D eigenvalue weighted by Gasteiger charge is 2.16. The third-order valence-electron chi connectivity index (χ3n) is 2.98. The average molecular weight is 281 g/mol. The van der Waals surface area contributed by atoms with Crippen LogP contribution in [0, 0.1) is 0 Å². The van der Waals surface area contributed by atoms with Crippen LogP contribution in [-0.2, 0) is 11.2 Å². The Balaban J connectivity index is 2.43. The van der Waals surface area contributed by atoms with Crippen LogP contribution in [0.1, 0.15) is 59.2 Å². The van der Waals surface area contributed by atoms with Gasteiger partial charge in [0.15, 0.2) is 0 Å². The van der Waals surface area contributed by atoms with Gasteiger partial charge in [0.05, 0.1) is 6.33 Å². The Morgan fingerprint density at radius 1 is 1.50 bits per heavy atom. The van der Waals surface area contributed by atoms with Crippen molar-refractivity contribution in [2.75, 3.05) is 6.54 Å². The summed E-state index contributed by atoms with van der Waals surface area (Å²) in [7, 11) is 0. The zero-order valence-electron chi connectivity index (χ0n) is 13.3. The topological polar surface area (TPSA) is 56.2 Å². The average Bonchev–Trinajstić information content (AvgIpc) is 2.75. The van der Waals surface area contributed by atoms with E-state index >= 15 is 0 Å². The van der Waals surface area contributed by atoms with Crippen LogP contribution in [0.4, 0.5) is 4.79 Å². The minimum Gasteiger partial charge on any atom is -0.444 e. The molecule has 0 fully saturated rings. The summed E-state index contributed by atoms with van der Waals surface area (Å²) < 4.78 is 7.38. The van der Waals surface area contributed by atoms with Crippen molar-refractivity contribution < 1.29 is 9.53 Å². The Hall–Kier alpha value is -1.52. The van der Waals surface area contributed by atoms with Crippen molar-refractivity contribution in [1.29, 1.82) is 0 Å². The lowest BCUT2D eigenvalue weighted by atomic mass is 10.2. The minimum atomic E-state index is -0.457. The van der Waals surface area contributed by atoms with Crippen molar-refractivity contribution in [2.45, 2.75) is 65.5 Å². The lowest BCUT2D eigenvalue weighted by molar-refractivity contribution is 0.0528. The van der Waals surface area contributed by atoms with Crippen molar-refractivity contribution in [3.05, 3.63) is 18.2 Å². The maximum absolute atomic E-state index is 11.6. The molecule has 1 heterocycles. The van der Waals surface area contributed by atoms with Gasteiger partial charge >= 0.3 is 6.09 Å². The molecule has 0 aliphatic heterocycles. The van der Waals surface area contributed by atoms with Crippen LogP contribution in [0.25, 0.3) is 0 Å². The van der Waals surface area contributed by atoms with Gasteiger partial charge in [-0.3, -0.25) is 0 Å². The molecular weight excluding hydrogens is 254 g/mol. The molecule has 0 radical (unpaired) electrons. The minimum absolute atomic E-state index is 0.370. The van der Waals surface area contributed by atoms with E-state index in [0.717, 1.165) is 25.0 Å². The quantitative estimate of drug-likeness (QED) is 0.870. The molecule has 114 valence electrons. The van der Waals surface area contributed by atoms with Crippen molar-refractivity contribution in [2.24, 2.45) is 0 Å². The number of hydrogen-bond donors (Lipinski definition) is 1. The van der Waals surface area contributed by atoms with Gasteiger partial charge in [0, 0.05) is 30.9 Å². The molecule has 5 nitrogen and oxygen atoms in total. The highest BCUT2D eigenvalue weighted by atomic mass is 16.6. The first-order valence-electron chi connectivity index (χ1n) is 7.31. The largest absolute Gasteiger partial charge is 0.444 e. The van der Waals surface area contributed by atoms with E-state index in [9.17, 15) is 4.79 Å². The number of alkyl carbamates (subject to hydrolysis) is 1. The molecular formula is C15H27N3O2. The molecule has 1 aromatic heterocycles. The van der Waals surface area contributed by atoms with Crippen LogP contribution in [0.5, 0.6) is 0 Å². The molecule has 1 unspecified atom stereocenters. The number of carbonyl (C=O) groups is 1. The molecule has 1 rings (SSSR count). The second kappa shape index (κ2) is 7.31. The Morgan fingerprint density at radius 3 is 2.80 bits per heavy atom. The normalized spacial score (nSPS) is 13.1. The lowest BCUT2D eigenvalue weighted by Crippen LogP contribution is -2.33. The number of nitrogens with one attached hydrogen (secondary N) is 1. The smallest absolute Gasteiger partial charge is 0.407 e. The van der Waals surface area contributed by atoms with E-state index in [1.54, 1.807) is 0 Å². The van der Waals surface area contributed by atoms with Gasteiger partial charge in [-0.15, -0.1) is 0 Å². The number of hydrogen-bond acceptors (Lipinski definition) is 3. The van der Waals surface area contributed by atoms with Crippen molar-refractivity contribution in [1.82, 2.24) is 14.9 Å². The number of ether oxygens (including phenoxy) is 1. The van der Waals surface area contributed by atoms with Crippen molar-refractivity contribution in [3.8, 4) is 0 Å². The van der Waals surface area contributed by atoms with Crippen LogP contribution < -0.4 is 5.32 Å². The van der Waals surface area contributed by atoms with E-state index in [1.165, 1.54) is 0 Å². The molecule has 1 aromatic rings. The summed E-state index contributed by atoms with van der Waals surface area (Å²) in [5.41, 5.74) is 0.684. The Bertz CT molecular complexity index is 421. The van der Waals surface area contributed by atoms with Gasteiger partial charge < -0.3 is 14.6 Å². The molecule has 0 spiro atoms. The summed E-state index contributed by atoms with van der Waals surface area (Å²) >= 11 is 0. The van der Waals surface area contributed by atoms with Gasteiger partial charge in [-0.05, 0) is 34.1 Å². The first kappa shape index (κ1) is 16.5. The van der Waals surface area contributed by atoms with Gasteiger partial charge in [0.2, 0.25) is 0 Å². The monoisotopic (exact) mass is 281 g/mol. The summed E-state index contributed by atoms with van der Waals surface area (Å²) in [6.45, 7) is 10.5. The fourth-order valence-electron chi connectivity index (χ4n) is 2.09. The molecule has 0 aliphatic rings. The first-order valence-corrected chi connectivity index (χ1v) is 7.31. The van der Waals surface area contributed by atoms with Crippen LogP contribution >= 0.6 is 0 Å². The van der Waals surface area contributed by atoms with Gasteiger partial charge in [0.25, 0.3) is 0 Å². The zero-order valence-corrected chi connectivity index (χ0v) is 13.3. The Labute approximate surface area is 121 Å². The van der Waals surface area contributed by atoms with Crippen LogP contribution in [0.3, 0.4) is 0 Å². The first-order chi connectivity index (χ1) is 9.33. The van der Waals surface area contributed by atoms with E-state index in [1.807, 2.05) is 33.3 Å². The Morgan fingerprint density at radius 2 is 2.20 bits per heavy atom. The molecule has 0 bridgehead atoms. The molecule has 0 saturated carbocycles. The fraction of sp³-hybridized carbons (Fsp3) is 0.733. The van der Waals surface area contributed by atoms with E-state index < -0.39 is 5.60 Å². The molecule has 1 N–H and O–H groups in total. The highest BCUT2D eigenvalue weighted by Crippen LogP contribution is 2.15. The zero-order chi connectivity index (χ0) is 15.2. The van der Waals surface area contributed by atoms with Crippen LogP contribution in [0.2, 0.25) is 0 Å². The van der Waals surface area contributed by atoms with E-state index in [4.69, 9.17) is 4.74 Å². The Kier molecular flexibility index (Phi) is 6.05. The second-order valence-corrected chi connectivity index (χ2v) is 6.11. The summed E-state index contributed by atoms with van der Waals surface area (Å²) in [6.07, 6.45) is 6.39. The predicted octanol–water partition coefficient (Wildman–Crippen LogP) is 3.31. The van der Waals surface area contributed by atoms with E-state index in [2.05, 4.69) is 28.7 Å². The SMILES string of the molecule is CCCC(C)n1cncc1CCNC(=O)OC(C)(C)C. The number of nitrogens with zero attached hydrogens (tertiary/aromatic N) is 2. The van der Waals surface area contributed by atoms with Gasteiger partial charge in [-0.25, -0.2) is 9.78 Å². The number of imidazole rings is 1. The second-order valence-electron chi connectivity index (χ2n) is 6.11. The van der Waals surface area contributed by atoms with Crippen molar-refractivity contribution in [3.63, 3.8) is 0 Å². The summed E-state index contributed by atoms with van der Waals surface area (Å²) in [5.74, 6) is 0. The third kappa shape index (κ3) is 5.63. The van der Waals surface area contributed by atoms with Gasteiger partial charge in [0.1, 0.15) is 5.60 Å². The lowest BCUT2D eigenvalue weighted by Gasteiger charge is -2.20. The molecule has 5 heteroatoms. The standard InChI is InChI=1S/C15H27N3O2/c1-6-7-12(2)18-11-16-10-13(18)8-9-17-14(19)20-15(3,4)5/h10-12H,6-9H2,1-5H3,(H,17,19). The predicted molar refractivity (Wildman–Crippen MR) is 79.8 cm³/mol. The highest BCUT2D eigenvalue weighted by molar-refractivity contribution is 5.67. The van der Waals surface area contributed by atoms with Gasteiger partial charge in [-0.1, -0.05) is 13.3 Å². The number of amides is 1. The number of aromatic nitrogens is 2. The molecule has 0 saturated heterocycles. The van der Waals surface area contributed by atoms with Crippen molar-refractivity contribution >= 4 is 6.09 Å². The molecule has 1 amide bonds. The number of rotatable bonds is 6. The van der Waals surface area contributed by atoms with Crippen LogP contribution in [0.15, 0.2) is 12.5 Å². The molecule has 0 aliphatic carbocycles. The maximum atomic E-state index is 11.6. The summed E-state index contributed by atoms with van der Waals surface area (Å²) in [4.78, 5) is 15.8. The molecule has 0 aromatic carbocycles. The van der Waals surface area contributed by atoms with Crippen LogP contribution in [-0.4, -0.2) is 27.8 Å². The maximum Gasteiger partial charge on any atom is 0.407 e. The third-order valence-corrected chi connectivity index (χ3v) is 2.98. The fourth-order valence-corrected chi connectivity index (χ4v) is 2.09. The molecule has 20 heavy (non-hydrogen) atoms. The summed E-state index contributed by atoms with van der Waals surface area (Å²) in [6, 6.07) is 0.444.